The first-order valence-electron chi connectivity index (χ1n) is 8.15. The average Bonchev–Trinajstić information content (AvgIpc) is 2.31. The molecule has 2 atom stereocenters. The largest absolute Gasteiger partial charge is 0.317 e. The molecule has 2 nitrogen and oxygen atoms in total. The Kier molecular flexibility index (Phi) is 8.70. The lowest BCUT2D eigenvalue weighted by molar-refractivity contribution is 0.138. The van der Waals surface area contributed by atoms with Gasteiger partial charge in [0.2, 0.25) is 0 Å². The molecule has 2 heteroatoms. The molecule has 0 aromatic heterocycles. The van der Waals surface area contributed by atoms with Crippen molar-refractivity contribution in [3.05, 3.63) is 0 Å². The highest BCUT2D eigenvalue weighted by atomic mass is 15.1. The Morgan fingerprint density at radius 3 is 2.28 bits per heavy atom. The van der Waals surface area contributed by atoms with Crippen molar-refractivity contribution >= 4 is 0 Å². The normalized spacial score (nSPS) is 25.5. The van der Waals surface area contributed by atoms with Crippen molar-refractivity contribution in [3.8, 4) is 0 Å². The van der Waals surface area contributed by atoms with E-state index in [9.17, 15) is 0 Å². The van der Waals surface area contributed by atoms with E-state index >= 15 is 0 Å². The van der Waals surface area contributed by atoms with Gasteiger partial charge in [0, 0.05) is 13.1 Å². The van der Waals surface area contributed by atoms with E-state index in [1.165, 1.54) is 71.2 Å². The summed E-state index contributed by atoms with van der Waals surface area (Å²) < 4.78 is 0. The minimum absolute atomic E-state index is 0.909. The molecule has 1 saturated heterocycles. The molecule has 1 aliphatic heterocycles. The van der Waals surface area contributed by atoms with Crippen LogP contribution in [0, 0.1) is 11.8 Å². The van der Waals surface area contributed by atoms with Crippen molar-refractivity contribution in [2.45, 2.75) is 59.3 Å². The zero-order valence-corrected chi connectivity index (χ0v) is 12.9. The molecule has 0 aliphatic carbocycles. The maximum absolute atomic E-state index is 3.48. The van der Waals surface area contributed by atoms with E-state index in [-0.39, 0.29) is 0 Å². The van der Waals surface area contributed by atoms with Crippen LogP contribution in [-0.2, 0) is 0 Å². The molecule has 1 heterocycles. The van der Waals surface area contributed by atoms with Crippen LogP contribution in [-0.4, -0.2) is 37.6 Å². The summed E-state index contributed by atoms with van der Waals surface area (Å²) in [6.07, 6.45) is 8.24. The van der Waals surface area contributed by atoms with Crippen LogP contribution in [0.1, 0.15) is 59.3 Å². The maximum atomic E-state index is 3.48. The van der Waals surface area contributed by atoms with Crippen LogP contribution in [0.5, 0.6) is 0 Å². The number of nitrogens with one attached hydrogen (secondary N) is 1. The van der Waals surface area contributed by atoms with Crippen molar-refractivity contribution in [3.63, 3.8) is 0 Å². The first kappa shape index (κ1) is 16.0. The molecule has 0 radical (unpaired) electrons. The van der Waals surface area contributed by atoms with Crippen LogP contribution in [0.4, 0.5) is 0 Å². The molecule has 1 N–H and O–H groups in total. The SMILES string of the molecule is CCCNCCCCCCN1CC(C)CC(C)C1. The third-order valence-corrected chi connectivity index (χ3v) is 3.95. The Hall–Kier alpha value is -0.0800. The standard InChI is InChI=1S/C16H34N2/c1-4-9-17-10-7-5-6-8-11-18-13-15(2)12-16(3)14-18/h15-17H,4-14H2,1-3H3. The second-order valence-corrected chi connectivity index (χ2v) is 6.37. The average molecular weight is 254 g/mol. The second kappa shape index (κ2) is 9.80. The van der Waals surface area contributed by atoms with Gasteiger partial charge in [0.15, 0.2) is 0 Å². The van der Waals surface area contributed by atoms with Crippen molar-refractivity contribution < 1.29 is 0 Å². The van der Waals surface area contributed by atoms with Gasteiger partial charge >= 0.3 is 0 Å². The molecule has 0 spiro atoms. The first-order chi connectivity index (χ1) is 8.72. The fourth-order valence-corrected chi connectivity index (χ4v) is 3.22. The molecule has 18 heavy (non-hydrogen) atoms. The molecule has 108 valence electrons. The van der Waals surface area contributed by atoms with Crippen LogP contribution in [0.15, 0.2) is 0 Å². The highest BCUT2D eigenvalue weighted by molar-refractivity contribution is 4.74. The van der Waals surface area contributed by atoms with E-state index in [0.29, 0.717) is 0 Å². The van der Waals surface area contributed by atoms with Gasteiger partial charge in [0.05, 0.1) is 0 Å². The number of rotatable bonds is 9. The Labute approximate surface area is 115 Å². The van der Waals surface area contributed by atoms with E-state index in [1.807, 2.05) is 0 Å². The van der Waals surface area contributed by atoms with Gasteiger partial charge in [-0.1, -0.05) is 33.6 Å². The van der Waals surface area contributed by atoms with Crippen LogP contribution in [0.25, 0.3) is 0 Å². The maximum Gasteiger partial charge on any atom is 0.000724 e. The number of unbranched alkanes of at least 4 members (excludes halogenated alkanes) is 3. The quantitative estimate of drug-likeness (QED) is 0.633. The van der Waals surface area contributed by atoms with Gasteiger partial charge in [0.1, 0.15) is 0 Å². The monoisotopic (exact) mass is 254 g/mol. The molecule has 2 unspecified atom stereocenters. The van der Waals surface area contributed by atoms with Gasteiger partial charge in [0.25, 0.3) is 0 Å². The fourth-order valence-electron chi connectivity index (χ4n) is 3.22. The fraction of sp³-hybridized carbons (Fsp3) is 1.00. The molecule has 1 fully saturated rings. The summed E-state index contributed by atoms with van der Waals surface area (Å²) in [4.78, 5) is 2.69. The zero-order chi connectivity index (χ0) is 13.2. The molecule has 0 aromatic carbocycles. The van der Waals surface area contributed by atoms with Crippen LogP contribution in [0.3, 0.4) is 0 Å². The van der Waals surface area contributed by atoms with E-state index in [2.05, 4.69) is 31.0 Å². The van der Waals surface area contributed by atoms with Gasteiger partial charge in [-0.15, -0.1) is 0 Å². The van der Waals surface area contributed by atoms with Crippen LogP contribution < -0.4 is 5.32 Å². The van der Waals surface area contributed by atoms with Crippen molar-refractivity contribution in [1.82, 2.24) is 10.2 Å². The zero-order valence-electron chi connectivity index (χ0n) is 12.9. The number of nitrogens with zero attached hydrogens (tertiary/aromatic N) is 1. The summed E-state index contributed by atoms with van der Waals surface area (Å²) in [6.45, 7) is 13.4. The summed E-state index contributed by atoms with van der Waals surface area (Å²) in [5, 5.41) is 3.48. The number of hydrogen-bond donors (Lipinski definition) is 1. The topological polar surface area (TPSA) is 15.3 Å². The number of likely N-dealkylation sites (tertiary alicyclic amines) is 1. The predicted molar refractivity (Wildman–Crippen MR) is 81.0 cm³/mol. The van der Waals surface area contributed by atoms with Gasteiger partial charge in [-0.3, -0.25) is 0 Å². The minimum atomic E-state index is 0.909. The Morgan fingerprint density at radius 1 is 0.944 bits per heavy atom. The lowest BCUT2D eigenvalue weighted by Crippen LogP contribution is -2.39. The second-order valence-electron chi connectivity index (χ2n) is 6.37. The number of piperidine rings is 1. The number of hydrogen-bond acceptors (Lipinski definition) is 2. The molecular weight excluding hydrogens is 220 g/mol. The highest BCUT2D eigenvalue weighted by Crippen LogP contribution is 2.21. The summed E-state index contributed by atoms with van der Waals surface area (Å²) in [5.41, 5.74) is 0. The van der Waals surface area contributed by atoms with Gasteiger partial charge < -0.3 is 10.2 Å². The van der Waals surface area contributed by atoms with Gasteiger partial charge in [-0.25, -0.2) is 0 Å². The van der Waals surface area contributed by atoms with Crippen molar-refractivity contribution in [1.29, 1.82) is 0 Å². The third kappa shape index (κ3) is 7.38. The lowest BCUT2D eigenvalue weighted by atomic mass is 9.92. The van der Waals surface area contributed by atoms with Crippen molar-refractivity contribution in [2.24, 2.45) is 11.8 Å². The van der Waals surface area contributed by atoms with Crippen LogP contribution >= 0.6 is 0 Å². The summed E-state index contributed by atoms with van der Waals surface area (Å²) >= 11 is 0. The molecule has 0 amide bonds. The molecule has 0 saturated carbocycles. The van der Waals surface area contributed by atoms with E-state index in [1.54, 1.807) is 0 Å². The van der Waals surface area contributed by atoms with E-state index in [4.69, 9.17) is 0 Å². The van der Waals surface area contributed by atoms with E-state index < -0.39 is 0 Å². The first-order valence-corrected chi connectivity index (χ1v) is 8.15. The Bertz CT molecular complexity index is 184. The van der Waals surface area contributed by atoms with Gasteiger partial charge in [-0.2, -0.15) is 0 Å². The summed E-state index contributed by atoms with van der Waals surface area (Å²) in [7, 11) is 0. The Morgan fingerprint density at radius 2 is 1.61 bits per heavy atom. The predicted octanol–water partition coefficient (Wildman–Crippen LogP) is 3.52. The highest BCUT2D eigenvalue weighted by Gasteiger charge is 2.20. The lowest BCUT2D eigenvalue weighted by Gasteiger charge is -2.34. The van der Waals surface area contributed by atoms with E-state index in [0.717, 1.165) is 11.8 Å². The summed E-state index contributed by atoms with van der Waals surface area (Å²) in [5.74, 6) is 1.82. The third-order valence-electron chi connectivity index (χ3n) is 3.95. The van der Waals surface area contributed by atoms with Crippen LogP contribution in [0.2, 0.25) is 0 Å². The smallest absolute Gasteiger partial charge is 0.000724 e. The minimum Gasteiger partial charge on any atom is -0.317 e. The molecule has 1 aliphatic rings. The molecule has 0 aromatic rings. The Balaban J connectivity index is 1.91. The summed E-state index contributed by atoms with van der Waals surface area (Å²) in [6, 6.07) is 0. The molecule has 1 rings (SSSR count). The molecule has 0 bridgehead atoms. The molecular formula is C16H34N2. The van der Waals surface area contributed by atoms with Crippen molar-refractivity contribution in [2.75, 3.05) is 32.7 Å². The van der Waals surface area contributed by atoms with Gasteiger partial charge in [-0.05, 0) is 57.2 Å².